The Morgan fingerprint density at radius 2 is 2.00 bits per heavy atom. The third-order valence-electron chi connectivity index (χ3n) is 4.53. The number of rotatable bonds is 8. The molecule has 1 saturated carbocycles. The molecule has 6 nitrogen and oxygen atoms in total. The zero-order valence-corrected chi connectivity index (χ0v) is 17.6. The second-order valence-corrected chi connectivity index (χ2v) is 8.07. The van der Waals surface area contributed by atoms with Crippen molar-refractivity contribution in [2.24, 2.45) is 5.92 Å². The molecule has 1 aliphatic carbocycles. The number of amides is 1. The number of hydrogen-bond donors (Lipinski definition) is 1. The third kappa shape index (κ3) is 5.70. The highest BCUT2D eigenvalue weighted by atomic mass is 35.5. The third-order valence-corrected chi connectivity index (χ3v) is 4.93. The zero-order chi connectivity index (χ0) is 21.0. The molecule has 7 heteroatoms. The van der Waals surface area contributed by atoms with Gasteiger partial charge in [-0.05, 0) is 31.8 Å². The molecule has 0 bridgehead atoms. The van der Waals surface area contributed by atoms with Crippen LogP contribution in [0.3, 0.4) is 0 Å². The molecular formula is C22H26ClN3O3. The van der Waals surface area contributed by atoms with Crippen molar-refractivity contribution >= 4 is 29.6 Å². The predicted octanol–water partition coefficient (Wildman–Crippen LogP) is 4.08. The van der Waals surface area contributed by atoms with Crippen molar-refractivity contribution in [1.82, 2.24) is 15.1 Å². The highest BCUT2D eigenvalue weighted by Crippen LogP contribution is 2.25. The number of benzene rings is 1. The first-order valence-electron chi connectivity index (χ1n) is 9.82. The molecular weight excluding hydrogens is 390 g/mol. The Morgan fingerprint density at radius 3 is 2.62 bits per heavy atom. The summed E-state index contributed by atoms with van der Waals surface area (Å²) in [7, 11) is 0. The van der Waals surface area contributed by atoms with Crippen LogP contribution in [0.5, 0.6) is 0 Å². The smallest absolute Gasteiger partial charge is 0.331 e. The van der Waals surface area contributed by atoms with Crippen LogP contribution in [0.2, 0.25) is 5.15 Å². The van der Waals surface area contributed by atoms with Crippen LogP contribution in [0.25, 0.3) is 6.08 Å². The number of hydrogen-bond acceptors (Lipinski definition) is 4. The normalized spacial score (nSPS) is 14.9. The lowest BCUT2D eigenvalue weighted by molar-refractivity contribution is -0.151. The van der Waals surface area contributed by atoms with Gasteiger partial charge in [-0.3, -0.25) is 9.48 Å². The minimum absolute atomic E-state index is 0.177. The van der Waals surface area contributed by atoms with Crippen molar-refractivity contribution in [3.63, 3.8) is 0 Å². The minimum atomic E-state index is -0.991. The molecule has 154 valence electrons. The van der Waals surface area contributed by atoms with E-state index >= 15 is 0 Å². The maximum Gasteiger partial charge on any atom is 0.331 e. The van der Waals surface area contributed by atoms with Crippen LogP contribution in [0, 0.1) is 12.8 Å². The number of aromatic nitrogens is 2. The van der Waals surface area contributed by atoms with Gasteiger partial charge in [0.1, 0.15) is 5.15 Å². The molecule has 1 amide bonds. The molecule has 0 radical (unpaired) electrons. The summed E-state index contributed by atoms with van der Waals surface area (Å²) in [6.45, 7) is 6.69. The number of ether oxygens (including phenoxy) is 1. The van der Waals surface area contributed by atoms with E-state index in [9.17, 15) is 9.59 Å². The number of nitrogens with zero attached hydrogens (tertiary/aromatic N) is 2. The Balaban J connectivity index is 1.73. The summed E-state index contributed by atoms with van der Waals surface area (Å²) in [6, 6.07) is 9.18. The van der Waals surface area contributed by atoms with E-state index in [1.807, 2.05) is 25.1 Å². The van der Waals surface area contributed by atoms with Gasteiger partial charge < -0.3 is 10.1 Å². The van der Waals surface area contributed by atoms with Crippen LogP contribution in [-0.2, 0) is 20.9 Å². The van der Waals surface area contributed by atoms with E-state index in [1.165, 1.54) is 6.08 Å². The lowest BCUT2D eigenvalue weighted by Gasteiger charge is -2.17. The van der Waals surface area contributed by atoms with E-state index in [0.717, 1.165) is 18.5 Å². The summed E-state index contributed by atoms with van der Waals surface area (Å²) in [5.41, 5.74) is 2.03. The van der Waals surface area contributed by atoms with Gasteiger partial charge in [0, 0.05) is 29.8 Å². The number of carbonyl (C=O) groups excluding carboxylic acids is 2. The lowest BCUT2D eigenvalue weighted by atomic mass is 10.1. The van der Waals surface area contributed by atoms with Gasteiger partial charge in [0.2, 0.25) is 6.10 Å². The molecule has 1 atom stereocenters. The molecule has 29 heavy (non-hydrogen) atoms. The average Bonchev–Trinajstić information content (AvgIpc) is 3.45. The van der Waals surface area contributed by atoms with E-state index in [1.54, 1.807) is 22.9 Å². The van der Waals surface area contributed by atoms with Gasteiger partial charge >= 0.3 is 5.97 Å². The van der Waals surface area contributed by atoms with Crippen LogP contribution < -0.4 is 5.32 Å². The number of esters is 1. The largest absolute Gasteiger partial charge is 0.444 e. The summed E-state index contributed by atoms with van der Waals surface area (Å²) >= 11 is 6.41. The fraction of sp³-hybridized carbons (Fsp3) is 0.409. The Hall–Kier alpha value is -2.60. The van der Waals surface area contributed by atoms with Gasteiger partial charge in [-0.15, -0.1) is 0 Å². The second-order valence-electron chi connectivity index (χ2n) is 7.71. The first kappa shape index (κ1) is 21.1. The topological polar surface area (TPSA) is 73.2 Å². The Bertz CT molecular complexity index is 902. The van der Waals surface area contributed by atoms with E-state index in [2.05, 4.69) is 24.3 Å². The summed E-state index contributed by atoms with van der Waals surface area (Å²) < 4.78 is 7.22. The molecule has 0 saturated heterocycles. The standard InChI is InChI=1S/C22H26ClN3O3/c1-14(2)13-26-21(23)18(15(3)25-26)11-12-19(27)29-20(16-7-5-4-6-8-16)22(28)24-17-9-10-17/h4-8,11-12,14,17,20H,9-10,13H2,1-3H3,(H,24,28)/b12-11+/t20-/m0/s1. The minimum Gasteiger partial charge on any atom is -0.444 e. The summed E-state index contributed by atoms with van der Waals surface area (Å²) in [5.74, 6) is -0.526. The molecule has 1 heterocycles. The van der Waals surface area contributed by atoms with Crippen molar-refractivity contribution in [2.45, 2.75) is 52.3 Å². The monoisotopic (exact) mass is 415 g/mol. The summed E-state index contributed by atoms with van der Waals surface area (Å²) in [6.07, 6.45) is 3.80. The number of halogens is 1. The molecule has 1 N–H and O–H groups in total. The maximum absolute atomic E-state index is 12.6. The fourth-order valence-electron chi connectivity index (χ4n) is 2.94. The second kappa shape index (κ2) is 9.27. The van der Waals surface area contributed by atoms with Gasteiger partial charge in [0.25, 0.3) is 5.91 Å². The van der Waals surface area contributed by atoms with Crippen molar-refractivity contribution in [1.29, 1.82) is 0 Å². The van der Waals surface area contributed by atoms with Crippen LogP contribution in [0.4, 0.5) is 0 Å². The molecule has 0 unspecified atom stereocenters. The van der Waals surface area contributed by atoms with Crippen molar-refractivity contribution in [2.75, 3.05) is 0 Å². The number of carbonyl (C=O) groups is 2. The van der Waals surface area contributed by atoms with Gasteiger partial charge in [-0.2, -0.15) is 5.10 Å². The van der Waals surface area contributed by atoms with Crippen LogP contribution in [0.15, 0.2) is 36.4 Å². The average molecular weight is 416 g/mol. The van der Waals surface area contributed by atoms with Crippen LogP contribution in [-0.4, -0.2) is 27.7 Å². The SMILES string of the molecule is Cc1nn(CC(C)C)c(Cl)c1/C=C/C(=O)O[C@H](C(=O)NC1CC1)c1ccccc1. The highest BCUT2D eigenvalue weighted by Gasteiger charge is 2.30. The first-order chi connectivity index (χ1) is 13.8. The highest BCUT2D eigenvalue weighted by molar-refractivity contribution is 6.31. The molecule has 1 aromatic heterocycles. The Kier molecular flexibility index (Phi) is 6.75. The fourth-order valence-corrected chi connectivity index (χ4v) is 3.24. The quantitative estimate of drug-likeness (QED) is 0.520. The first-order valence-corrected chi connectivity index (χ1v) is 10.2. The molecule has 3 rings (SSSR count). The summed E-state index contributed by atoms with van der Waals surface area (Å²) in [4.78, 5) is 25.0. The van der Waals surface area contributed by atoms with E-state index in [4.69, 9.17) is 16.3 Å². The van der Waals surface area contributed by atoms with Crippen molar-refractivity contribution in [3.05, 3.63) is 58.4 Å². The molecule has 0 spiro atoms. The molecule has 1 aliphatic rings. The maximum atomic E-state index is 12.6. The molecule has 0 aliphatic heterocycles. The van der Waals surface area contributed by atoms with Crippen molar-refractivity contribution in [3.8, 4) is 0 Å². The van der Waals surface area contributed by atoms with E-state index in [0.29, 0.717) is 28.7 Å². The zero-order valence-electron chi connectivity index (χ0n) is 16.9. The van der Waals surface area contributed by atoms with E-state index in [-0.39, 0.29) is 11.9 Å². The molecule has 1 aromatic carbocycles. The Morgan fingerprint density at radius 1 is 1.31 bits per heavy atom. The lowest BCUT2D eigenvalue weighted by Crippen LogP contribution is -2.33. The number of nitrogens with one attached hydrogen (secondary N) is 1. The number of aryl methyl sites for hydroxylation is 1. The van der Waals surface area contributed by atoms with Gasteiger partial charge in [-0.25, -0.2) is 4.79 Å². The van der Waals surface area contributed by atoms with Crippen molar-refractivity contribution < 1.29 is 14.3 Å². The predicted molar refractivity (Wildman–Crippen MR) is 112 cm³/mol. The van der Waals surface area contributed by atoms with Crippen LogP contribution in [0.1, 0.15) is 49.6 Å². The van der Waals surface area contributed by atoms with Gasteiger partial charge in [0.15, 0.2) is 0 Å². The Labute approximate surface area is 175 Å². The van der Waals surface area contributed by atoms with Gasteiger partial charge in [0.05, 0.1) is 5.69 Å². The van der Waals surface area contributed by atoms with E-state index < -0.39 is 12.1 Å². The molecule has 1 fully saturated rings. The summed E-state index contributed by atoms with van der Waals surface area (Å²) in [5, 5.41) is 7.80. The van der Waals surface area contributed by atoms with Crippen LogP contribution >= 0.6 is 11.6 Å². The molecule has 2 aromatic rings. The van der Waals surface area contributed by atoms with Gasteiger partial charge in [-0.1, -0.05) is 55.8 Å².